The third-order valence-corrected chi connectivity index (χ3v) is 5.10. The van der Waals surface area contributed by atoms with Crippen molar-refractivity contribution in [1.29, 1.82) is 0 Å². The molecule has 1 heterocycles. The van der Waals surface area contributed by atoms with E-state index in [1.165, 1.54) is 5.56 Å². The normalized spacial score (nSPS) is 17.0. The van der Waals surface area contributed by atoms with Crippen molar-refractivity contribution in [2.24, 2.45) is 4.99 Å². The van der Waals surface area contributed by atoms with Crippen molar-refractivity contribution >= 4 is 5.96 Å². The number of benzene rings is 1. The van der Waals surface area contributed by atoms with Crippen molar-refractivity contribution in [3.63, 3.8) is 0 Å². The molecule has 6 heteroatoms. The van der Waals surface area contributed by atoms with Crippen molar-refractivity contribution < 1.29 is 9.47 Å². The van der Waals surface area contributed by atoms with Crippen LogP contribution in [0.4, 0.5) is 0 Å². The number of rotatable bonds is 11. The molecule has 1 atom stereocenters. The zero-order valence-electron chi connectivity index (χ0n) is 17.9. The van der Waals surface area contributed by atoms with E-state index in [0.29, 0.717) is 19.3 Å². The number of piperazine rings is 1. The lowest BCUT2D eigenvalue weighted by atomic mass is 10.0. The Morgan fingerprint density at radius 3 is 2.46 bits per heavy atom. The summed E-state index contributed by atoms with van der Waals surface area (Å²) in [6.45, 7) is 12.3. The Hall–Kier alpha value is -1.63. The lowest BCUT2D eigenvalue weighted by molar-refractivity contribution is 0.0702. The van der Waals surface area contributed by atoms with Crippen LogP contribution in [0.1, 0.15) is 38.3 Å². The smallest absolute Gasteiger partial charge is 0.194 e. The van der Waals surface area contributed by atoms with Crippen LogP contribution in [0.25, 0.3) is 0 Å². The number of nitrogens with one attached hydrogen (secondary N) is 1. The molecule has 6 nitrogen and oxygen atoms in total. The molecule has 28 heavy (non-hydrogen) atoms. The van der Waals surface area contributed by atoms with Crippen molar-refractivity contribution in [3.8, 4) is 0 Å². The molecule has 0 aromatic heterocycles. The van der Waals surface area contributed by atoms with E-state index in [9.17, 15) is 0 Å². The molecule has 0 radical (unpaired) electrons. The van der Waals surface area contributed by atoms with Crippen LogP contribution in [-0.2, 0) is 9.47 Å². The molecule has 1 unspecified atom stereocenters. The SMILES string of the molecule is CCNC(=NCCCOCCOC)N1CCN(C(CC)c2ccccc2)CC1. The van der Waals surface area contributed by atoms with E-state index in [0.717, 1.165) is 64.7 Å². The molecule has 0 saturated carbocycles. The van der Waals surface area contributed by atoms with Gasteiger partial charge < -0.3 is 19.7 Å². The first-order valence-corrected chi connectivity index (χ1v) is 10.7. The van der Waals surface area contributed by atoms with Gasteiger partial charge in [-0.25, -0.2) is 0 Å². The van der Waals surface area contributed by atoms with Gasteiger partial charge in [0.15, 0.2) is 5.96 Å². The van der Waals surface area contributed by atoms with E-state index < -0.39 is 0 Å². The van der Waals surface area contributed by atoms with Crippen LogP contribution in [0.15, 0.2) is 35.3 Å². The van der Waals surface area contributed by atoms with E-state index >= 15 is 0 Å². The van der Waals surface area contributed by atoms with Gasteiger partial charge >= 0.3 is 0 Å². The van der Waals surface area contributed by atoms with Gasteiger partial charge in [0.25, 0.3) is 0 Å². The number of methoxy groups -OCH3 is 1. The number of hydrogen-bond acceptors (Lipinski definition) is 4. The Labute approximate surface area is 170 Å². The number of ether oxygens (including phenoxy) is 2. The molecule has 0 aliphatic carbocycles. The number of hydrogen-bond donors (Lipinski definition) is 1. The second-order valence-electron chi connectivity index (χ2n) is 7.05. The van der Waals surface area contributed by atoms with Crippen LogP contribution in [0.5, 0.6) is 0 Å². The van der Waals surface area contributed by atoms with Gasteiger partial charge in [0.05, 0.1) is 13.2 Å². The number of aliphatic imine (C=N–C) groups is 1. The Morgan fingerprint density at radius 2 is 1.82 bits per heavy atom. The monoisotopic (exact) mass is 390 g/mol. The van der Waals surface area contributed by atoms with E-state index in [2.05, 4.69) is 59.3 Å². The average molecular weight is 391 g/mol. The van der Waals surface area contributed by atoms with E-state index in [1.54, 1.807) is 7.11 Å². The highest BCUT2D eigenvalue weighted by molar-refractivity contribution is 5.80. The van der Waals surface area contributed by atoms with Gasteiger partial charge in [-0.2, -0.15) is 0 Å². The molecular formula is C22H38N4O2. The molecule has 1 saturated heterocycles. The van der Waals surface area contributed by atoms with Gasteiger partial charge in [-0.1, -0.05) is 37.3 Å². The first kappa shape index (κ1) is 22.7. The molecule has 1 aromatic rings. The van der Waals surface area contributed by atoms with Crippen LogP contribution >= 0.6 is 0 Å². The van der Waals surface area contributed by atoms with Crippen LogP contribution in [0.2, 0.25) is 0 Å². The molecule has 0 bridgehead atoms. The predicted molar refractivity (Wildman–Crippen MR) is 116 cm³/mol. The Kier molecular flexibility index (Phi) is 10.9. The molecule has 1 fully saturated rings. The van der Waals surface area contributed by atoms with Gasteiger partial charge in [-0.15, -0.1) is 0 Å². The van der Waals surface area contributed by atoms with Crippen molar-refractivity contribution in [2.45, 2.75) is 32.7 Å². The fourth-order valence-electron chi connectivity index (χ4n) is 3.65. The summed E-state index contributed by atoms with van der Waals surface area (Å²) >= 11 is 0. The second-order valence-corrected chi connectivity index (χ2v) is 7.05. The summed E-state index contributed by atoms with van der Waals surface area (Å²) < 4.78 is 10.5. The summed E-state index contributed by atoms with van der Waals surface area (Å²) in [6.07, 6.45) is 2.08. The van der Waals surface area contributed by atoms with Crippen LogP contribution < -0.4 is 5.32 Å². The van der Waals surface area contributed by atoms with Gasteiger partial charge in [-0.05, 0) is 25.3 Å². The van der Waals surface area contributed by atoms with E-state index in [-0.39, 0.29) is 0 Å². The van der Waals surface area contributed by atoms with Crippen molar-refractivity contribution in [2.75, 3.05) is 66.2 Å². The van der Waals surface area contributed by atoms with Gasteiger partial charge in [0.2, 0.25) is 0 Å². The van der Waals surface area contributed by atoms with E-state index in [1.807, 2.05) is 0 Å². The second kappa shape index (κ2) is 13.5. The van der Waals surface area contributed by atoms with Crippen molar-refractivity contribution in [3.05, 3.63) is 35.9 Å². The zero-order chi connectivity index (χ0) is 20.0. The van der Waals surface area contributed by atoms with Crippen LogP contribution in [0, 0.1) is 0 Å². The summed E-state index contributed by atoms with van der Waals surface area (Å²) in [5.41, 5.74) is 1.42. The van der Waals surface area contributed by atoms with Gasteiger partial charge in [-0.3, -0.25) is 9.89 Å². The predicted octanol–water partition coefficient (Wildman–Crippen LogP) is 2.77. The molecule has 0 amide bonds. The lowest BCUT2D eigenvalue weighted by Crippen LogP contribution is -2.53. The molecule has 158 valence electrons. The van der Waals surface area contributed by atoms with Crippen LogP contribution in [-0.4, -0.2) is 82.0 Å². The molecule has 1 aromatic carbocycles. The Balaban J connectivity index is 1.81. The van der Waals surface area contributed by atoms with E-state index in [4.69, 9.17) is 14.5 Å². The summed E-state index contributed by atoms with van der Waals surface area (Å²) in [5.74, 6) is 1.03. The minimum absolute atomic E-state index is 0.507. The topological polar surface area (TPSA) is 49.3 Å². The maximum Gasteiger partial charge on any atom is 0.194 e. The number of nitrogens with zero attached hydrogens (tertiary/aromatic N) is 3. The third kappa shape index (κ3) is 7.41. The quantitative estimate of drug-likeness (QED) is 0.358. The molecule has 1 N–H and O–H groups in total. The average Bonchev–Trinajstić information content (AvgIpc) is 2.74. The first-order chi connectivity index (χ1) is 13.8. The minimum atomic E-state index is 0.507. The molecule has 1 aliphatic rings. The molecule has 2 rings (SSSR count). The molecular weight excluding hydrogens is 352 g/mol. The highest BCUT2D eigenvalue weighted by Crippen LogP contribution is 2.25. The van der Waals surface area contributed by atoms with Crippen LogP contribution in [0.3, 0.4) is 0 Å². The third-order valence-electron chi connectivity index (χ3n) is 5.10. The van der Waals surface area contributed by atoms with Gasteiger partial charge in [0, 0.05) is 59.0 Å². The van der Waals surface area contributed by atoms with Gasteiger partial charge in [0.1, 0.15) is 0 Å². The zero-order valence-corrected chi connectivity index (χ0v) is 17.9. The fourth-order valence-corrected chi connectivity index (χ4v) is 3.65. The summed E-state index contributed by atoms with van der Waals surface area (Å²) in [5, 5.41) is 3.45. The summed E-state index contributed by atoms with van der Waals surface area (Å²) in [7, 11) is 1.69. The maximum atomic E-state index is 5.52. The molecule has 1 aliphatic heterocycles. The highest BCUT2D eigenvalue weighted by Gasteiger charge is 2.25. The molecule has 0 spiro atoms. The summed E-state index contributed by atoms with van der Waals surface area (Å²) in [4.78, 5) is 9.81. The first-order valence-electron chi connectivity index (χ1n) is 10.7. The maximum absolute atomic E-state index is 5.52. The van der Waals surface area contributed by atoms with Crippen molar-refractivity contribution in [1.82, 2.24) is 15.1 Å². The standard InChI is InChI=1S/C22H38N4O2/c1-4-21(20-10-7-6-8-11-20)25-13-15-26(16-14-25)22(23-5-2)24-12-9-17-28-19-18-27-3/h6-8,10-11,21H,4-5,9,12-19H2,1-3H3,(H,23,24). The number of guanidine groups is 1. The fraction of sp³-hybridized carbons (Fsp3) is 0.682. The largest absolute Gasteiger partial charge is 0.382 e. The Morgan fingerprint density at radius 1 is 1.07 bits per heavy atom. The minimum Gasteiger partial charge on any atom is -0.382 e. The lowest BCUT2D eigenvalue weighted by Gasteiger charge is -2.40. The summed E-state index contributed by atoms with van der Waals surface area (Å²) in [6, 6.07) is 11.4. The Bertz CT molecular complexity index is 545. The highest BCUT2D eigenvalue weighted by atomic mass is 16.5.